The van der Waals surface area contributed by atoms with Crippen LogP contribution >= 0.6 is 0 Å². The first-order valence-electron chi connectivity index (χ1n) is 3.48. The summed E-state index contributed by atoms with van der Waals surface area (Å²) in [4.78, 5) is 0. The molecule has 2 N–H and O–H groups in total. The van der Waals surface area contributed by atoms with Crippen molar-refractivity contribution in [2.75, 3.05) is 6.61 Å². The van der Waals surface area contributed by atoms with E-state index in [0.29, 0.717) is 0 Å². The van der Waals surface area contributed by atoms with Gasteiger partial charge in [0.25, 0.3) is 0 Å². The molecule has 0 heterocycles. The molecule has 0 aliphatic rings. The standard InChI is InChI=1S/C6H8F6O2/c7-5(8,9)2-1-4(14,3-13)6(10,11)12/h13-14H,1-3H2. The minimum atomic E-state index is -5.27. The normalized spacial score (nSPS) is 18.0. The van der Waals surface area contributed by atoms with Crippen LogP contribution in [0.3, 0.4) is 0 Å². The zero-order valence-electron chi connectivity index (χ0n) is 6.78. The first-order chi connectivity index (χ1) is 6.02. The summed E-state index contributed by atoms with van der Waals surface area (Å²) in [5, 5.41) is 16.8. The average Bonchev–Trinajstić information content (AvgIpc) is 1.96. The van der Waals surface area contributed by atoms with E-state index in [-0.39, 0.29) is 0 Å². The molecule has 1 atom stereocenters. The molecule has 0 bridgehead atoms. The minimum Gasteiger partial charge on any atom is -0.393 e. The Labute approximate surface area is 75.1 Å². The molecular weight excluding hydrogens is 218 g/mol. The Morgan fingerprint density at radius 2 is 1.29 bits per heavy atom. The van der Waals surface area contributed by atoms with Crippen molar-refractivity contribution >= 4 is 0 Å². The van der Waals surface area contributed by atoms with Crippen LogP contribution < -0.4 is 0 Å². The van der Waals surface area contributed by atoms with Gasteiger partial charge in [0.2, 0.25) is 0 Å². The van der Waals surface area contributed by atoms with Crippen molar-refractivity contribution in [1.82, 2.24) is 0 Å². The predicted octanol–water partition coefficient (Wildman–Crippen LogP) is 1.61. The highest BCUT2D eigenvalue weighted by Gasteiger charge is 2.54. The molecule has 1 unspecified atom stereocenters. The van der Waals surface area contributed by atoms with E-state index < -0.39 is 37.4 Å². The fourth-order valence-corrected chi connectivity index (χ4v) is 0.659. The van der Waals surface area contributed by atoms with Gasteiger partial charge in [-0.25, -0.2) is 0 Å². The van der Waals surface area contributed by atoms with Crippen LogP contribution in [0.15, 0.2) is 0 Å². The van der Waals surface area contributed by atoms with Crippen molar-refractivity contribution in [2.45, 2.75) is 30.8 Å². The molecule has 8 heteroatoms. The summed E-state index contributed by atoms with van der Waals surface area (Å²) in [6.07, 6.45) is -13.5. The van der Waals surface area contributed by atoms with Crippen LogP contribution in [0, 0.1) is 0 Å². The van der Waals surface area contributed by atoms with Gasteiger partial charge in [-0.2, -0.15) is 26.3 Å². The molecule has 0 aliphatic heterocycles. The molecule has 0 saturated carbocycles. The number of hydrogen-bond acceptors (Lipinski definition) is 2. The highest BCUT2D eigenvalue weighted by Crippen LogP contribution is 2.36. The van der Waals surface area contributed by atoms with Gasteiger partial charge < -0.3 is 10.2 Å². The Morgan fingerprint density at radius 3 is 1.50 bits per heavy atom. The zero-order valence-corrected chi connectivity index (χ0v) is 6.78. The fourth-order valence-electron chi connectivity index (χ4n) is 0.659. The Balaban J connectivity index is 4.43. The molecule has 0 aromatic carbocycles. The number of halogens is 6. The lowest BCUT2D eigenvalue weighted by molar-refractivity contribution is -0.279. The molecule has 86 valence electrons. The van der Waals surface area contributed by atoms with Gasteiger partial charge in [-0.15, -0.1) is 0 Å². The predicted molar refractivity (Wildman–Crippen MR) is 33.4 cm³/mol. The lowest BCUT2D eigenvalue weighted by atomic mass is 9.98. The quantitative estimate of drug-likeness (QED) is 0.718. The zero-order chi connectivity index (χ0) is 11.6. The highest BCUT2D eigenvalue weighted by molar-refractivity contribution is 4.86. The Hall–Kier alpha value is -0.500. The number of rotatable bonds is 3. The molecule has 0 radical (unpaired) electrons. The first kappa shape index (κ1) is 13.5. The smallest absolute Gasteiger partial charge is 0.393 e. The molecule has 14 heavy (non-hydrogen) atoms. The van der Waals surface area contributed by atoms with Crippen LogP contribution in [0.5, 0.6) is 0 Å². The van der Waals surface area contributed by atoms with Gasteiger partial charge in [0.1, 0.15) is 0 Å². The summed E-state index contributed by atoms with van der Waals surface area (Å²) in [5.74, 6) is 0. The Kier molecular flexibility index (Phi) is 3.79. The van der Waals surface area contributed by atoms with E-state index in [0.717, 1.165) is 0 Å². The Morgan fingerprint density at radius 1 is 0.857 bits per heavy atom. The third-order valence-electron chi connectivity index (χ3n) is 1.61. The van der Waals surface area contributed by atoms with Gasteiger partial charge in [0.15, 0.2) is 5.60 Å². The second kappa shape index (κ2) is 3.93. The van der Waals surface area contributed by atoms with E-state index in [1.807, 2.05) is 0 Å². The molecule has 0 rings (SSSR count). The van der Waals surface area contributed by atoms with Gasteiger partial charge in [-0.3, -0.25) is 0 Å². The minimum absolute atomic E-state index is 1.60. The van der Waals surface area contributed by atoms with Crippen molar-refractivity contribution in [2.24, 2.45) is 0 Å². The van der Waals surface area contributed by atoms with E-state index in [2.05, 4.69) is 0 Å². The summed E-state index contributed by atoms with van der Waals surface area (Å²) in [7, 11) is 0. The summed E-state index contributed by atoms with van der Waals surface area (Å²) in [5.41, 5.74) is -3.68. The van der Waals surface area contributed by atoms with Gasteiger partial charge >= 0.3 is 12.4 Å². The third kappa shape index (κ3) is 3.70. The van der Waals surface area contributed by atoms with Crippen LogP contribution in [0.1, 0.15) is 12.8 Å². The van der Waals surface area contributed by atoms with Gasteiger partial charge in [0.05, 0.1) is 6.61 Å². The molecule has 0 aliphatic carbocycles. The van der Waals surface area contributed by atoms with Crippen molar-refractivity contribution in [3.63, 3.8) is 0 Å². The maximum absolute atomic E-state index is 11.9. The van der Waals surface area contributed by atoms with Crippen LogP contribution in [-0.2, 0) is 0 Å². The lowest BCUT2D eigenvalue weighted by Gasteiger charge is -2.28. The molecule has 0 spiro atoms. The SMILES string of the molecule is OCC(O)(CCC(F)(F)F)C(F)(F)F. The summed E-state index contributed by atoms with van der Waals surface area (Å²) < 4.78 is 70.4. The molecular formula is C6H8F6O2. The average molecular weight is 226 g/mol. The van der Waals surface area contributed by atoms with Gasteiger partial charge in [-0.1, -0.05) is 0 Å². The van der Waals surface area contributed by atoms with Crippen molar-refractivity contribution in [3.8, 4) is 0 Å². The summed E-state index contributed by atoms with van der Waals surface area (Å²) in [6, 6.07) is 0. The van der Waals surface area contributed by atoms with Crippen LogP contribution in [0.4, 0.5) is 26.3 Å². The van der Waals surface area contributed by atoms with Crippen molar-refractivity contribution < 1.29 is 36.6 Å². The van der Waals surface area contributed by atoms with Crippen LogP contribution in [0.25, 0.3) is 0 Å². The largest absolute Gasteiger partial charge is 0.419 e. The second-order valence-electron chi connectivity index (χ2n) is 2.80. The molecule has 0 saturated heterocycles. The van der Waals surface area contributed by atoms with E-state index in [9.17, 15) is 26.3 Å². The molecule has 0 amide bonds. The topological polar surface area (TPSA) is 40.5 Å². The van der Waals surface area contributed by atoms with Gasteiger partial charge in [-0.05, 0) is 6.42 Å². The van der Waals surface area contributed by atoms with Crippen molar-refractivity contribution in [1.29, 1.82) is 0 Å². The summed E-state index contributed by atoms with van der Waals surface area (Å²) in [6.45, 7) is -1.79. The Bertz CT molecular complexity index is 186. The van der Waals surface area contributed by atoms with E-state index in [1.165, 1.54) is 0 Å². The van der Waals surface area contributed by atoms with E-state index in [4.69, 9.17) is 10.2 Å². The van der Waals surface area contributed by atoms with Crippen LogP contribution in [0.2, 0.25) is 0 Å². The van der Waals surface area contributed by atoms with Crippen molar-refractivity contribution in [3.05, 3.63) is 0 Å². The maximum Gasteiger partial charge on any atom is 0.419 e. The molecule has 0 aromatic heterocycles. The van der Waals surface area contributed by atoms with E-state index in [1.54, 1.807) is 0 Å². The molecule has 0 aromatic rings. The maximum atomic E-state index is 11.9. The number of alkyl halides is 6. The summed E-state index contributed by atoms with van der Waals surface area (Å²) >= 11 is 0. The van der Waals surface area contributed by atoms with Crippen LogP contribution in [-0.4, -0.2) is 34.8 Å². The first-order valence-corrected chi connectivity index (χ1v) is 3.48. The number of aliphatic hydroxyl groups is 2. The molecule has 0 fully saturated rings. The molecule has 2 nitrogen and oxygen atoms in total. The lowest BCUT2D eigenvalue weighted by Crippen LogP contribution is -2.49. The second-order valence-corrected chi connectivity index (χ2v) is 2.80. The monoisotopic (exact) mass is 226 g/mol. The fraction of sp³-hybridized carbons (Fsp3) is 1.00. The number of aliphatic hydroxyl groups excluding tert-OH is 1. The highest BCUT2D eigenvalue weighted by atomic mass is 19.4. The van der Waals surface area contributed by atoms with E-state index >= 15 is 0 Å². The van der Waals surface area contributed by atoms with Gasteiger partial charge in [0, 0.05) is 6.42 Å². The third-order valence-corrected chi connectivity index (χ3v) is 1.61. The number of hydrogen-bond donors (Lipinski definition) is 2.